The van der Waals surface area contributed by atoms with Crippen molar-refractivity contribution >= 4 is 11.0 Å². The van der Waals surface area contributed by atoms with Crippen LogP contribution < -0.4 is 5.32 Å². The molecule has 0 bridgehead atoms. The van der Waals surface area contributed by atoms with E-state index in [1.165, 1.54) is 18.4 Å². The first-order chi connectivity index (χ1) is 10.4. The van der Waals surface area contributed by atoms with Crippen molar-refractivity contribution in [1.82, 2.24) is 19.9 Å². The Morgan fingerprint density at radius 1 is 1.10 bits per heavy atom. The summed E-state index contributed by atoms with van der Waals surface area (Å²) in [6.07, 6.45) is 6.50. The standard InChI is InChI=1S/C17H18N4/c1-2-4-17-16(3-1)20-12-21(17)11-15-6-5-13(10-19-15)9-18-14-7-8-14/h1-6,10,12,14,18H,7-9,11H2. The lowest BCUT2D eigenvalue weighted by atomic mass is 10.2. The Morgan fingerprint density at radius 2 is 2.00 bits per heavy atom. The van der Waals surface area contributed by atoms with E-state index < -0.39 is 0 Å². The highest BCUT2D eigenvalue weighted by Gasteiger charge is 2.19. The molecule has 0 amide bonds. The van der Waals surface area contributed by atoms with Gasteiger partial charge in [0, 0.05) is 18.8 Å². The number of aromatic nitrogens is 3. The van der Waals surface area contributed by atoms with Gasteiger partial charge in [-0.1, -0.05) is 18.2 Å². The molecule has 3 aromatic rings. The maximum absolute atomic E-state index is 4.57. The zero-order valence-electron chi connectivity index (χ0n) is 11.9. The Morgan fingerprint density at radius 3 is 2.81 bits per heavy atom. The number of pyridine rings is 1. The van der Waals surface area contributed by atoms with Crippen LogP contribution in [0.25, 0.3) is 11.0 Å². The van der Waals surface area contributed by atoms with Crippen LogP contribution in [0.4, 0.5) is 0 Å². The molecule has 0 unspecified atom stereocenters. The van der Waals surface area contributed by atoms with E-state index in [9.17, 15) is 0 Å². The van der Waals surface area contributed by atoms with E-state index >= 15 is 0 Å². The predicted molar refractivity (Wildman–Crippen MR) is 82.9 cm³/mol. The Bertz CT molecular complexity index is 741. The van der Waals surface area contributed by atoms with Crippen molar-refractivity contribution in [2.75, 3.05) is 0 Å². The van der Waals surface area contributed by atoms with Crippen LogP contribution in [-0.2, 0) is 13.1 Å². The van der Waals surface area contributed by atoms with Crippen LogP contribution in [-0.4, -0.2) is 20.6 Å². The highest BCUT2D eigenvalue weighted by atomic mass is 15.0. The van der Waals surface area contributed by atoms with Crippen LogP contribution in [0.5, 0.6) is 0 Å². The highest BCUT2D eigenvalue weighted by molar-refractivity contribution is 5.74. The summed E-state index contributed by atoms with van der Waals surface area (Å²) in [7, 11) is 0. The molecule has 1 aliphatic rings. The largest absolute Gasteiger partial charge is 0.324 e. The van der Waals surface area contributed by atoms with E-state index in [1.54, 1.807) is 0 Å². The average Bonchev–Trinajstić information content (AvgIpc) is 3.28. The van der Waals surface area contributed by atoms with Crippen LogP contribution in [0.3, 0.4) is 0 Å². The lowest BCUT2D eigenvalue weighted by Crippen LogP contribution is -2.15. The molecular formula is C17H18N4. The van der Waals surface area contributed by atoms with Gasteiger partial charge in [-0.15, -0.1) is 0 Å². The summed E-state index contributed by atoms with van der Waals surface area (Å²) in [5.74, 6) is 0. The molecule has 2 aromatic heterocycles. The second kappa shape index (κ2) is 5.30. The molecule has 106 valence electrons. The van der Waals surface area contributed by atoms with Gasteiger partial charge in [0.15, 0.2) is 0 Å². The van der Waals surface area contributed by atoms with Gasteiger partial charge in [-0.2, -0.15) is 0 Å². The summed E-state index contributed by atoms with van der Waals surface area (Å²) in [4.78, 5) is 8.98. The summed E-state index contributed by atoms with van der Waals surface area (Å²) in [5.41, 5.74) is 4.50. The van der Waals surface area contributed by atoms with Crippen molar-refractivity contribution in [3.8, 4) is 0 Å². The van der Waals surface area contributed by atoms with Crippen molar-refractivity contribution in [1.29, 1.82) is 0 Å². The zero-order chi connectivity index (χ0) is 14.1. The van der Waals surface area contributed by atoms with Gasteiger partial charge in [-0.25, -0.2) is 4.98 Å². The molecule has 4 nitrogen and oxygen atoms in total. The van der Waals surface area contributed by atoms with E-state index in [1.807, 2.05) is 30.7 Å². The van der Waals surface area contributed by atoms with E-state index in [-0.39, 0.29) is 0 Å². The molecule has 1 aliphatic carbocycles. The second-order valence-corrected chi connectivity index (χ2v) is 5.67. The summed E-state index contributed by atoms with van der Waals surface area (Å²) in [5, 5.41) is 3.51. The number of hydrogen-bond acceptors (Lipinski definition) is 3. The first-order valence-electron chi connectivity index (χ1n) is 7.45. The fourth-order valence-corrected chi connectivity index (χ4v) is 2.51. The third kappa shape index (κ3) is 2.81. The van der Waals surface area contributed by atoms with Crippen molar-refractivity contribution in [2.45, 2.75) is 32.0 Å². The van der Waals surface area contributed by atoms with Crippen LogP contribution in [0, 0.1) is 0 Å². The normalized spacial score (nSPS) is 14.7. The molecule has 0 atom stereocenters. The van der Waals surface area contributed by atoms with Crippen molar-refractivity contribution in [3.63, 3.8) is 0 Å². The topological polar surface area (TPSA) is 42.7 Å². The number of nitrogens with zero attached hydrogens (tertiary/aromatic N) is 3. The third-order valence-electron chi connectivity index (χ3n) is 3.92. The summed E-state index contributed by atoms with van der Waals surface area (Å²) in [6, 6.07) is 13.2. The molecule has 1 saturated carbocycles. The smallest absolute Gasteiger partial charge is 0.0962 e. The second-order valence-electron chi connectivity index (χ2n) is 5.67. The summed E-state index contributed by atoms with van der Waals surface area (Å²) < 4.78 is 2.14. The van der Waals surface area contributed by atoms with E-state index in [0.717, 1.165) is 35.9 Å². The molecule has 1 N–H and O–H groups in total. The number of rotatable bonds is 5. The molecule has 1 aromatic carbocycles. The van der Waals surface area contributed by atoms with Gasteiger partial charge in [0.25, 0.3) is 0 Å². The number of hydrogen-bond donors (Lipinski definition) is 1. The number of imidazole rings is 1. The number of fused-ring (bicyclic) bond motifs is 1. The summed E-state index contributed by atoms with van der Waals surface area (Å²) >= 11 is 0. The first-order valence-corrected chi connectivity index (χ1v) is 7.45. The molecule has 0 spiro atoms. The third-order valence-corrected chi connectivity index (χ3v) is 3.92. The maximum Gasteiger partial charge on any atom is 0.0962 e. The minimum absolute atomic E-state index is 0.738. The van der Waals surface area contributed by atoms with Crippen molar-refractivity contribution in [2.24, 2.45) is 0 Å². The average molecular weight is 278 g/mol. The quantitative estimate of drug-likeness (QED) is 0.780. The first kappa shape index (κ1) is 12.5. The Labute approximate surface area is 123 Å². The minimum atomic E-state index is 0.738. The molecule has 2 heterocycles. The van der Waals surface area contributed by atoms with E-state index in [0.29, 0.717) is 0 Å². The molecule has 0 saturated heterocycles. The highest BCUT2D eigenvalue weighted by Crippen LogP contribution is 2.19. The molecule has 1 fully saturated rings. The molecule has 21 heavy (non-hydrogen) atoms. The predicted octanol–water partition coefficient (Wildman–Crippen LogP) is 2.73. The van der Waals surface area contributed by atoms with Gasteiger partial charge >= 0.3 is 0 Å². The van der Waals surface area contributed by atoms with Gasteiger partial charge in [-0.05, 0) is 36.6 Å². The minimum Gasteiger partial charge on any atom is -0.324 e. The van der Waals surface area contributed by atoms with Gasteiger partial charge in [0.2, 0.25) is 0 Å². The molecular weight excluding hydrogens is 260 g/mol. The van der Waals surface area contributed by atoms with Crippen LogP contribution in [0.1, 0.15) is 24.1 Å². The molecule has 4 heteroatoms. The molecule has 0 aliphatic heterocycles. The zero-order valence-corrected chi connectivity index (χ0v) is 11.9. The number of benzene rings is 1. The van der Waals surface area contributed by atoms with Crippen molar-refractivity contribution < 1.29 is 0 Å². The van der Waals surface area contributed by atoms with Gasteiger partial charge < -0.3 is 9.88 Å². The fraction of sp³-hybridized carbons (Fsp3) is 0.294. The number of para-hydroxylation sites is 2. The van der Waals surface area contributed by atoms with Crippen molar-refractivity contribution in [3.05, 3.63) is 60.2 Å². The lowest BCUT2D eigenvalue weighted by Gasteiger charge is -2.06. The van der Waals surface area contributed by atoms with Gasteiger partial charge in [0.1, 0.15) is 0 Å². The molecule has 4 rings (SSSR count). The Kier molecular flexibility index (Phi) is 3.16. The lowest BCUT2D eigenvalue weighted by molar-refractivity contribution is 0.684. The van der Waals surface area contributed by atoms with Gasteiger partial charge in [-0.3, -0.25) is 4.98 Å². The Hall–Kier alpha value is -2.20. The van der Waals surface area contributed by atoms with Crippen LogP contribution in [0.2, 0.25) is 0 Å². The fourth-order valence-electron chi connectivity index (χ4n) is 2.51. The van der Waals surface area contributed by atoms with E-state index in [4.69, 9.17) is 0 Å². The van der Waals surface area contributed by atoms with E-state index in [2.05, 4.69) is 38.1 Å². The van der Waals surface area contributed by atoms with Crippen LogP contribution >= 0.6 is 0 Å². The van der Waals surface area contributed by atoms with Gasteiger partial charge in [0.05, 0.1) is 29.6 Å². The van der Waals surface area contributed by atoms with Crippen LogP contribution in [0.15, 0.2) is 48.9 Å². The monoisotopic (exact) mass is 278 g/mol. The number of nitrogens with one attached hydrogen (secondary N) is 1. The summed E-state index contributed by atoms with van der Waals surface area (Å²) in [6.45, 7) is 1.68. The maximum atomic E-state index is 4.57. The SMILES string of the molecule is c1ccc2c(c1)ncn2Cc1ccc(CNC2CC2)cn1. The Balaban J connectivity index is 1.48. The molecule has 0 radical (unpaired) electrons.